The lowest BCUT2D eigenvalue weighted by Crippen LogP contribution is -2.25. The average molecular weight is 241 g/mol. The van der Waals surface area contributed by atoms with E-state index in [0.717, 1.165) is 0 Å². The molecule has 0 spiro atoms. The topological polar surface area (TPSA) is 63.7 Å². The molecule has 6 heteroatoms. The second-order valence-corrected chi connectivity index (χ2v) is 5.54. The summed E-state index contributed by atoms with van der Waals surface area (Å²) in [7, 11) is -1.82. The average Bonchev–Trinajstić information content (AvgIpc) is 2.52. The molecular formula is C10H11NO4S. The van der Waals surface area contributed by atoms with Crippen molar-refractivity contribution in [2.24, 2.45) is 0 Å². The Bertz CT molecular complexity index is 523. The molecule has 1 aliphatic rings. The van der Waals surface area contributed by atoms with Gasteiger partial charge in [-0.05, 0) is 12.1 Å². The number of carbonyl (C=O) groups excluding carboxylic acids is 1. The first-order valence-electron chi connectivity index (χ1n) is 4.67. The van der Waals surface area contributed by atoms with Crippen molar-refractivity contribution >= 4 is 21.4 Å². The van der Waals surface area contributed by atoms with Crippen LogP contribution in [0.25, 0.3) is 0 Å². The van der Waals surface area contributed by atoms with Crippen LogP contribution in [0.5, 0.6) is 5.75 Å². The van der Waals surface area contributed by atoms with Crippen molar-refractivity contribution in [3.05, 3.63) is 24.3 Å². The Morgan fingerprint density at radius 2 is 2.00 bits per heavy atom. The van der Waals surface area contributed by atoms with Crippen molar-refractivity contribution in [3.63, 3.8) is 0 Å². The number of amides is 1. The molecule has 1 amide bonds. The molecule has 0 aliphatic carbocycles. The lowest BCUT2D eigenvalue weighted by atomic mass is 10.2. The van der Waals surface area contributed by atoms with Gasteiger partial charge in [0.25, 0.3) is 0 Å². The summed E-state index contributed by atoms with van der Waals surface area (Å²) in [6, 6.07) is 6.85. The van der Waals surface area contributed by atoms with Gasteiger partial charge in [0.1, 0.15) is 17.4 Å². The van der Waals surface area contributed by atoms with Crippen molar-refractivity contribution in [2.75, 3.05) is 23.6 Å². The van der Waals surface area contributed by atoms with E-state index < -0.39 is 21.5 Å². The number of methoxy groups -OCH3 is 1. The van der Waals surface area contributed by atoms with Crippen molar-refractivity contribution < 1.29 is 17.9 Å². The molecular weight excluding hydrogens is 230 g/mol. The maximum absolute atomic E-state index is 11.5. The lowest BCUT2D eigenvalue weighted by Gasteiger charge is -2.17. The summed E-state index contributed by atoms with van der Waals surface area (Å²) in [5, 5.41) is 0. The van der Waals surface area contributed by atoms with Gasteiger partial charge in [-0.1, -0.05) is 12.1 Å². The minimum atomic E-state index is -3.30. The predicted molar refractivity (Wildman–Crippen MR) is 59.1 cm³/mol. The molecule has 0 N–H and O–H groups in total. The molecule has 5 nitrogen and oxygen atoms in total. The Morgan fingerprint density at radius 3 is 2.56 bits per heavy atom. The molecule has 1 saturated heterocycles. The van der Waals surface area contributed by atoms with Gasteiger partial charge in [0.05, 0.1) is 12.8 Å². The molecule has 1 aromatic rings. The number of hydrogen-bond acceptors (Lipinski definition) is 4. The van der Waals surface area contributed by atoms with Crippen LogP contribution in [0.4, 0.5) is 5.69 Å². The predicted octanol–water partition coefficient (Wildman–Crippen LogP) is 0.414. The van der Waals surface area contributed by atoms with E-state index in [-0.39, 0.29) is 5.88 Å². The highest BCUT2D eigenvalue weighted by atomic mass is 32.2. The van der Waals surface area contributed by atoms with Gasteiger partial charge in [-0.15, -0.1) is 0 Å². The zero-order valence-corrected chi connectivity index (χ0v) is 9.53. The van der Waals surface area contributed by atoms with Gasteiger partial charge >= 0.3 is 0 Å². The minimum Gasteiger partial charge on any atom is -0.495 e. The summed E-state index contributed by atoms with van der Waals surface area (Å²) in [4.78, 5) is 12.8. The second-order valence-electron chi connectivity index (χ2n) is 3.51. The number of carbonyl (C=O) groups is 1. The Kier molecular flexibility index (Phi) is 2.59. The van der Waals surface area contributed by atoms with Crippen LogP contribution >= 0.6 is 0 Å². The lowest BCUT2D eigenvalue weighted by molar-refractivity contribution is -0.115. The van der Waals surface area contributed by atoms with E-state index in [4.69, 9.17) is 4.74 Å². The number of hydrogen-bond donors (Lipinski definition) is 0. The highest BCUT2D eigenvalue weighted by Crippen LogP contribution is 2.30. The third kappa shape index (κ3) is 1.88. The fourth-order valence-electron chi connectivity index (χ4n) is 1.64. The van der Waals surface area contributed by atoms with Crippen LogP contribution in [0.2, 0.25) is 0 Å². The van der Waals surface area contributed by atoms with Crippen LogP contribution in [0.15, 0.2) is 24.3 Å². The van der Waals surface area contributed by atoms with Gasteiger partial charge in [0.2, 0.25) is 5.91 Å². The number of benzene rings is 1. The van der Waals surface area contributed by atoms with E-state index in [9.17, 15) is 13.2 Å². The van der Waals surface area contributed by atoms with Crippen LogP contribution in [0.1, 0.15) is 0 Å². The van der Waals surface area contributed by atoms with Crippen LogP contribution in [-0.4, -0.2) is 33.1 Å². The number of ether oxygens (including phenoxy) is 1. The van der Waals surface area contributed by atoms with E-state index in [2.05, 4.69) is 0 Å². The van der Waals surface area contributed by atoms with Gasteiger partial charge in [0, 0.05) is 0 Å². The molecule has 16 heavy (non-hydrogen) atoms. The van der Waals surface area contributed by atoms with Gasteiger partial charge in [-0.3, -0.25) is 9.69 Å². The highest BCUT2D eigenvalue weighted by molar-refractivity contribution is 7.92. The highest BCUT2D eigenvalue weighted by Gasteiger charge is 2.35. The number of rotatable bonds is 2. The summed E-state index contributed by atoms with van der Waals surface area (Å²) in [6.45, 7) is 0. The molecule has 86 valence electrons. The molecule has 0 saturated carbocycles. The standard InChI is InChI=1S/C10H11NO4S/c1-15-9-5-3-2-4-8(9)11-7-16(13,14)6-10(11)12/h2-5H,6-7H2,1H3. The molecule has 0 atom stereocenters. The van der Waals surface area contributed by atoms with E-state index in [1.807, 2.05) is 0 Å². The summed E-state index contributed by atoms with van der Waals surface area (Å²) in [5.74, 6) is -0.616. The summed E-state index contributed by atoms with van der Waals surface area (Å²) < 4.78 is 27.7. The molecule has 2 rings (SSSR count). The minimum absolute atomic E-state index is 0.272. The fraction of sp³-hybridized carbons (Fsp3) is 0.300. The molecule has 0 radical (unpaired) electrons. The smallest absolute Gasteiger partial charge is 0.243 e. The molecule has 1 heterocycles. The maximum atomic E-state index is 11.5. The second kappa shape index (κ2) is 3.79. The molecule has 0 bridgehead atoms. The molecule has 1 aliphatic heterocycles. The summed E-state index contributed by atoms with van der Waals surface area (Å²) in [6.07, 6.45) is 0. The Morgan fingerprint density at radius 1 is 1.31 bits per heavy atom. The summed E-state index contributed by atoms with van der Waals surface area (Å²) >= 11 is 0. The van der Waals surface area contributed by atoms with Crippen molar-refractivity contribution in [2.45, 2.75) is 0 Å². The third-order valence-corrected chi connectivity index (χ3v) is 3.68. The summed E-state index contributed by atoms with van der Waals surface area (Å²) in [5.41, 5.74) is 0.496. The number of sulfone groups is 1. The molecule has 0 unspecified atom stereocenters. The van der Waals surface area contributed by atoms with E-state index in [1.165, 1.54) is 12.0 Å². The number of anilines is 1. The van der Waals surface area contributed by atoms with E-state index in [0.29, 0.717) is 11.4 Å². The van der Waals surface area contributed by atoms with Crippen LogP contribution in [0, 0.1) is 0 Å². The van der Waals surface area contributed by atoms with Gasteiger partial charge in [-0.25, -0.2) is 8.42 Å². The first kappa shape index (κ1) is 10.9. The van der Waals surface area contributed by atoms with Crippen LogP contribution in [-0.2, 0) is 14.6 Å². The van der Waals surface area contributed by atoms with Crippen LogP contribution < -0.4 is 9.64 Å². The number of nitrogens with zero attached hydrogens (tertiary/aromatic N) is 1. The fourth-order valence-corrected chi connectivity index (χ4v) is 2.94. The van der Waals surface area contributed by atoms with E-state index in [1.54, 1.807) is 24.3 Å². The van der Waals surface area contributed by atoms with Gasteiger partial charge < -0.3 is 4.74 Å². The number of para-hydroxylation sites is 2. The van der Waals surface area contributed by atoms with Crippen molar-refractivity contribution in [3.8, 4) is 5.75 Å². The maximum Gasteiger partial charge on any atom is 0.243 e. The Labute approximate surface area is 93.5 Å². The zero-order chi connectivity index (χ0) is 11.8. The molecule has 0 aromatic heterocycles. The Balaban J connectivity index is 2.42. The first-order chi connectivity index (χ1) is 7.53. The molecule has 1 fully saturated rings. The normalized spacial score (nSPS) is 18.8. The first-order valence-corrected chi connectivity index (χ1v) is 6.49. The van der Waals surface area contributed by atoms with Gasteiger partial charge in [-0.2, -0.15) is 0 Å². The Hall–Kier alpha value is -1.56. The van der Waals surface area contributed by atoms with E-state index >= 15 is 0 Å². The van der Waals surface area contributed by atoms with Crippen molar-refractivity contribution in [1.29, 1.82) is 0 Å². The van der Waals surface area contributed by atoms with Crippen LogP contribution in [0.3, 0.4) is 0 Å². The molecule has 1 aromatic carbocycles. The monoisotopic (exact) mass is 241 g/mol. The SMILES string of the molecule is COc1ccccc1N1CS(=O)(=O)CC1=O. The largest absolute Gasteiger partial charge is 0.495 e. The van der Waals surface area contributed by atoms with Gasteiger partial charge in [0.15, 0.2) is 9.84 Å². The third-order valence-electron chi connectivity index (χ3n) is 2.35. The zero-order valence-electron chi connectivity index (χ0n) is 8.71. The van der Waals surface area contributed by atoms with Crippen molar-refractivity contribution in [1.82, 2.24) is 0 Å². The quantitative estimate of drug-likeness (QED) is 0.752.